The standard InChI is InChI=1S/C11H23NO2/c1-5-9(4)11(6-2,8-12)10(13)14-7-3/h9H,5-8,12H2,1-4H3. The lowest BCUT2D eigenvalue weighted by atomic mass is 9.73. The van der Waals surface area contributed by atoms with Gasteiger partial charge in [0.1, 0.15) is 0 Å². The van der Waals surface area contributed by atoms with E-state index in [1.54, 1.807) is 0 Å². The van der Waals surface area contributed by atoms with Crippen molar-refractivity contribution in [2.45, 2.75) is 40.5 Å². The van der Waals surface area contributed by atoms with Gasteiger partial charge in [-0.3, -0.25) is 4.79 Å². The van der Waals surface area contributed by atoms with E-state index in [1.165, 1.54) is 0 Å². The van der Waals surface area contributed by atoms with Crippen LogP contribution in [-0.2, 0) is 9.53 Å². The van der Waals surface area contributed by atoms with Crippen molar-refractivity contribution in [1.29, 1.82) is 0 Å². The van der Waals surface area contributed by atoms with Crippen LogP contribution in [0.2, 0.25) is 0 Å². The molecule has 0 heterocycles. The van der Waals surface area contributed by atoms with E-state index in [1.807, 2.05) is 13.8 Å². The predicted octanol–water partition coefficient (Wildman–Crippen LogP) is 1.95. The Balaban J connectivity index is 4.76. The maximum Gasteiger partial charge on any atom is 0.313 e. The second-order valence-corrected chi connectivity index (χ2v) is 3.74. The van der Waals surface area contributed by atoms with E-state index < -0.39 is 5.41 Å². The van der Waals surface area contributed by atoms with Crippen LogP contribution in [0.15, 0.2) is 0 Å². The molecule has 0 radical (unpaired) electrons. The highest BCUT2D eigenvalue weighted by Gasteiger charge is 2.41. The molecule has 2 atom stereocenters. The number of rotatable bonds is 6. The Kier molecular flexibility index (Phi) is 5.77. The quantitative estimate of drug-likeness (QED) is 0.668. The van der Waals surface area contributed by atoms with Gasteiger partial charge in [-0.05, 0) is 19.3 Å². The molecule has 0 saturated heterocycles. The highest BCUT2D eigenvalue weighted by Crippen LogP contribution is 2.34. The van der Waals surface area contributed by atoms with Crippen LogP contribution in [0.4, 0.5) is 0 Å². The SMILES string of the molecule is CCOC(=O)C(CC)(CN)C(C)CC. The Labute approximate surface area is 87.0 Å². The fraction of sp³-hybridized carbons (Fsp3) is 0.909. The largest absolute Gasteiger partial charge is 0.466 e. The van der Waals surface area contributed by atoms with Crippen molar-refractivity contribution in [3.63, 3.8) is 0 Å². The Hall–Kier alpha value is -0.570. The first kappa shape index (κ1) is 13.4. The van der Waals surface area contributed by atoms with Crippen molar-refractivity contribution in [1.82, 2.24) is 0 Å². The molecule has 3 heteroatoms. The van der Waals surface area contributed by atoms with Gasteiger partial charge in [-0.15, -0.1) is 0 Å². The maximum atomic E-state index is 11.8. The van der Waals surface area contributed by atoms with Crippen LogP contribution < -0.4 is 5.73 Å². The van der Waals surface area contributed by atoms with Crippen LogP contribution in [0.5, 0.6) is 0 Å². The summed E-state index contributed by atoms with van der Waals surface area (Å²) in [6, 6.07) is 0. The molecule has 2 unspecified atom stereocenters. The van der Waals surface area contributed by atoms with Crippen LogP contribution >= 0.6 is 0 Å². The van der Waals surface area contributed by atoms with E-state index in [9.17, 15) is 4.79 Å². The number of hydrogen-bond acceptors (Lipinski definition) is 3. The summed E-state index contributed by atoms with van der Waals surface area (Å²) < 4.78 is 5.09. The number of carbonyl (C=O) groups is 1. The third-order valence-electron chi connectivity index (χ3n) is 3.23. The first-order chi connectivity index (χ1) is 6.58. The fourth-order valence-corrected chi connectivity index (χ4v) is 1.79. The fourth-order valence-electron chi connectivity index (χ4n) is 1.79. The Morgan fingerprint density at radius 3 is 2.29 bits per heavy atom. The van der Waals surface area contributed by atoms with Crippen molar-refractivity contribution in [3.8, 4) is 0 Å². The molecule has 0 aromatic rings. The summed E-state index contributed by atoms with van der Waals surface area (Å²) in [5.41, 5.74) is 5.24. The third-order valence-corrected chi connectivity index (χ3v) is 3.23. The van der Waals surface area contributed by atoms with Gasteiger partial charge >= 0.3 is 5.97 Å². The molecule has 14 heavy (non-hydrogen) atoms. The summed E-state index contributed by atoms with van der Waals surface area (Å²) in [5.74, 6) is 0.135. The number of nitrogens with two attached hydrogens (primary N) is 1. The first-order valence-electron chi connectivity index (χ1n) is 5.46. The monoisotopic (exact) mass is 201 g/mol. The molecule has 0 aromatic heterocycles. The lowest BCUT2D eigenvalue weighted by Crippen LogP contribution is -2.44. The molecule has 0 spiro atoms. The van der Waals surface area contributed by atoms with Gasteiger partial charge in [0.25, 0.3) is 0 Å². The van der Waals surface area contributed by atoms with E-state index in [-0.39, 0.29) is 11.9 Å². The van der Waals surface area contributed by atoms with Crippen molar-refractivity contribution in [3.05, 3.63) is 0 Å². The predicted molar refractivity (Wildman–Crippen MR) is 57.9 cm³/mol. The minimum atomic E-state index is -0.481. The van der Waals surface area contributed by atoms with Crippen molar-refractivity contribution >= 4 is 5.97 Å². The minimum absolute atomic E-state index is 0.139. The number of esters is 1. The molecule has 0 fully saturated rings. The van der Waals surface area contributed by atoms with Crippen LogP contribution in [-0.4, -0.2) is 19.1 Å². The molecular weight excluding hydrogens is 178 g/mol. The molecule has 0 aromatic carbocycles. The summed E-state index contributed by atoms with van der Waals surface area (Å²) in [6.45, 7) is 8.76. The second kappa shape index (κ2) is 6.02. The Morgan fingerprint density at radius 2 is 2.00 bits per heavy atom. The van der Waals surface area contributed by atoms with E-state index in [0.717, 1.165) is 12.8 Å². The summed E-state index contributed by atoms with van der Waals surface area (Å²) in [5, 5.41) is 0. The highest BCUT2D eigenvalue weighted by molar-refractivity contribution is 5.77. The molecule has 3 nitrogen and oxygen atoms in total. The van der Waals surface area contributed by atoms with E-state index >= 15 is 0 Å². The lowest BCUT2D eigenvalue weighted by molar-refractivity contribution is -0.158. The summed E-state index contributed by atoms with van der Waals surface area (Å²) in [6.07, 6.45) is 1.70. The molecule has 0 bridgehead atoms. The van der Waals surface area contributed by atoms with Crippen molar-refractivity contribution in [2.75, 3.05) is 13.2 Å². The van der Waals surface area contributed by atoms with Gasteiger partial charge in [-0.25, -0.2) is 0 Å². The van der Waals surface area contributed by atoms with Gasteiger partial charge in [-0.2, -0.15) is 0 Å². The lowest BCUT2D eigenvalue weighted by Gasteiger charge is -2.34. The third kappa shape index (κ3) is 2.47. The molecule has 0 aliphatic carbocycles. The molecule has 0 saturated carbocycles. The Bertz CT molecular complexity index is 176. The van der Waals surface area contributed by atoms with Gasteiger partial charge < -0.3 is 10.5 Å². The molecular formula is C11H23NO2. The molecule has 84 valence electrons. The zero-order chi connectivity index (χ0) is 11.2. The summed E-state index contributed by atoms with van der Waals surface area (Å²) >= 11 is 0. The molecule has 0 amide bonds. The zero-order valence-corrected chi connectivity index (χ0v) is 9.80. The van der Waals surface area contributed by atoms with Gasteiger partial charge in [0.2, 0.25) is 0 Å². The average Bonchev–Trinajstić information content (AvgIpc) is 2.20. The topological polar surface area (TPSA) is 52.3 Å². The van der Waals surface area contributed by atoms with Gasteiger partial charge in [-0.1, -0.05) is 27.2 Å². The van der Waals surface area contributed by atoms with Crippen molar-refractivity contribution < 1.29 is 9.53 Å². The van der Waals surface area contributed by atoms with Gasteiger partial charge in [0, 0.05) is 6.54 Å². The summed E-state index contributed by atoms with van der Waals surface area (Å²) in [4.78, 5) is 11.8. The molecule has 0 rings (SSSR count). The number of carbonyl (C=O) groups excluding carboxylic acids is 1. The maximum absolute atomic E-state index is 11.8. The van der Waals surface area contributed by atoms with Crippen molar-refractivity contribution in [2.24, 2.45) is 17.1 Å². The Morgan fingerprint density at radius 1 is 1.43 bits per heavy atom. The molecule has 0 aliphatic rings. The van der Waals surface area contributed by atoms with Crippen LogP contribution in [0.1, 0.15) is 40.5 Å². The second-order valence-electron chi connectivity index (χ2n) is 3.74. The average molecular weight is 201 g/mol. The number of ether oxygens (including phenoxy) is 1. The van der Waals surface area contributed by atoms with Gasteiger partial charge in [0.15, 0.2) is 0 Å². The zero-order valence-electron chi connectivity index (χ0n) is 9.80. The van der Waals surface area contributed by atoms with Crippen LogP contribution in [0, 0.1) is 11.3 Å². The molecule has 0 aliphatic heterocycles. The van der Waals surface area contributed by atoms with Gasteiger partial charge in [0.05, 0.1) is 12.0 Å². The smallest absolute Gasteiger partial charge is 0.313 e. The summed E-state index contributed by atoms with van der Waals surface area (Å²) in [7, 11) is 0. The van der Waals surface area contributed by atoms with E-state index in [0.29, 0.717) is 13.2 Å². The van der Waals surface area contributed by atoms with E-state index in [2.05, 4.69) is 13.8 Å². The number of hydrogen-bond donors (Lipinski definition) is 1. The molecule has 2 N–H and O–H groups in total. The van der Waals surface area contributed by atoms with Crippen LogP contribution in [0.3, 0.4) is 0 Å². The van der Waals surface area contributed by atoms with Crippen LogP contribution in [0.25, 0.3) is 0 Å². The first-order valence-corrected chi connectivity index (χ1v) is 5.46. The highest BCUT2D eigenvalue weighted by atomic mass is 16.5. The minimum Gasteiger partial charge on any atom is -0.466 e. The van der Waals surface area contributed by atoms with E-state index in [4.69, 9.17) is 10.5 Å². The normalized spacial score (nSPS) is 17.2.